The molecule has 1 heterocycles. The molecule has 0 aliphatic heterocycles. The Morgan fingerprint density at radius 1 is 1.03 bits per heavy atom. The van der Waals surface area contributed by atoms with E-state index in [1.807, 2.05) is 32.0 Å². The highest BCUT2D eigenvalue weighted by Gasteiger charge is 2.16. The molecule has 2 N–H and O–H groups in total. The van der Waals surface area contributed by atoms with Crippen LogP contribution in [0.4, 0.5) is 5.69 Å². The number of anilines is 1. The van der Waals surface area contributed by atoms with Crippen LogP contribution in [0.5, 0.6) is 5.75 Å². The zero-order chi connectivity index (χ0) is 21.7. The molecule has 7 nitrogen and oxygen atoms in total. The van der Waals surface area contributed by atoms with Crippen LogP contribution < -0.4 is 15.5 Å². The Bertz CT molecular complexity index is 1090. The van der Waals surface area contributed by atoms with Crippen LogP contribution in [0, 0.1) is 25.2 Å². The van der Waals surface area contributed by atoms with Crippen molar-refractivity contribution in [3.05, 3.63) is 83.2 Å². The number of rotatable bonds is 6. The number of ether oxygens (including phenoxy) is 1. The van der Waals surface area contributed by atoms with Gasteiger partial charge in [0, 0.05) is 22.6 Å². The number of amides is 2. The Hall–Kier alpha value is -4.05. The number of hydrogen-bond donors (Lipinski definition) is 2. The van der Waals surface area contributed by atoms with E-state index in [1.165, 1.54) is 0 Å². The number of aryl methyl sites for hydroxylation is 2. The number of hydrogen-bond acceptors (Lipinski definition) is 4. The predicted octanol–water partition coefficient (Wildman–Crippen LogP) is 3.77. The van der Waals surface area contributed by atoms with Gasteiger partial charge in [-0.1, -0.05) is 6.07 Å². The monoisotopic (exact) mass is 402 g/mol. The van der Waals surface area contributed by atoms with Gasteiger partial charge in [0.2, 0.25) is 0 Å². The van der Waals surface area contributed by atoms with Crippen molar-refractivity contribution in [2.75, 3.05) is 10.7 Å². The molecule has 2 amide bonds. The number of carbonyl (C=O) groups excluding carboxylic acids is 2. The highest BCUT2D eigenvalue weighted by Crippen LogP contribution is 2.16. The number of nitrogens with one attached hydrogen (secondary N) is 2. The Kier molecular flexibility index (Phi) is 6.18. The average Bonchev–Trinajstić information content (AvgIpc) is 3.06. The third-order valence-electron chi connectivity index (χ3n) is 4.54. The molecule has 152 valence electrons. The fraction of sp³-hybridized carbons (Fsp3) is 0.174. The lowest BCUT2D eigenvalue weighted by Crippen LogP contribution is -2.30. The summed E-state index contributed by atoms with van der Waals surface area (Å²) in [6.45, 7) is 5.45. The minimum absolute atomic E-state index is 0.243. The maximum absolute atomic E-state index is 12.5. The van der Waals surface area contributed by atoms with Crippen LogP contribution in [0.15, 0.2) is 60.7 Å². The highest BCUT2D eigenvalue weighted by atomic mass is 16.5. The molecular formula is C23H22N4O3. The van der Waals surface area contributed by atoms with Crippen LogP contribution in [0.25, 0.3) is 0 Å². The lowest BCUT2D eigenvalue weighted by molar-refractivity contribution is -0.122. The molecule has 0 aliphatic rings. The lowest BCUT2D eigenvalue weighted by Gasteiger charge is -2.15. The standard InChI is InChI=1S/C23H22N4O3/c1-15-7-8-16(2)27(15)26-23(29)19-9-11-21(12-10-19)30-17(3)22(28)25-20-6-4-5-18(13-20)14-24/h4-13,17H,1-3H3,(H,25,28)(H,26,29). The molecular weight excluding hydrogens is 380 g/mol. The molecule has 30 heavy (non-hydrogen) atoms. The quantitative estimate of drug-likeness (QED) is 0.656. The summed E-state index contributed by atoms with van der Waals surface area (Å²) in [5.41, 5.74) is 6.16. The fourth-order valence-electron chi connectivity index (χ4n) is 2.86. The molecule has 1 atom stereocenters. The van der Waals surface area contributed by atoms with E-state index in [0.29, 0.717) is 22.6 Å². The van der Waals surface area contributed by atoms with Crippen LogP contribution in [0.2, 0.25) is 0 Å². The van der Waals surface area contributed by atoms with E-state index in [1.54, 1.807) is 60.1 Å². The van der Waals surface area contributed by atoms with Crippen molar-refractivity contribution in [3.8, 4) is 11.8 Å². The van der Waals surface area contributed by atoms with Gasteiger partial charge in [-0.05, 0) is 75.4 Å². The average molecular weight is 402 g/mol. The molecule has 7 heteroatoms. The van der Waals surface area contributed by atoms with Gasteiger partial charge in [-0.15, -0.1) is 0 Å². The number of nitrogens with zero attached hydrogens (tertiary/aromatic N) is 2. The molecule has 0 saturated carbocycles. The van der Waals surface area contributed by atoms with Gasteiger partial charge in [-0.2, -0.15) is 5.26 Å². The predicted molar refractivity (Wildman–Crippen MR) is 114 cm³/mol. The number of nitriles is 1. The fourth-order valence-corrected chi connectivity index (χ4v) is 2.86. The zero-order valence-corrected chi connectivity index (χ0v) is 17.0. The molecule has 0 aliphatic carbocycles. The first-order valence-corrected chi connectivity index (χ1v) is 9.41. The van der Waals surface area contributed by atoms with E-state index in [9.17, 15) is 9.59 Å². The molecule has 0 radical (unpaired) electrons. The number of aromatic nitrogens is 1. The van der Waals surface area contributed by atoms with Crippen molar-refractivity contribution in [3.63, 3.8) is 0 Å². The van der Waals surface area contributed by atoms with Crippen molar-refractivity contribution in [1.82, 2.24) is 4.68 Å². The summed E-state index contributed by atoms with van der Waals surface area (Å²) in [6, 6.07) is 19.1. The largest absolute Gasteiger partial charge is 0.481 e. The van der Waals surface area contributed by atoms with Crippen molar-refractivity contribution in [2.45, 2.75) is 26.9 Å². The highest BCUT2D eigenvalue weighted by molar-refractivity contribution is 6.00. The minimum atomic E-state index is -0.763. The van der Waals surface area contributed by atoms with Gasteiger partial charge in [0.05, 0.1) is 11.6 Å². The first kappa shape index (κ1) is 20.7. The smallest absolute Gasteiger partial charge is 0.270 e. The molecule has 0 saturated heterocycles. The summed E-state index contributed by atoms with van der Waals surface area (Å²) in [5.74, 6) is -0.120. The Balaban J connectivity index is 1.60. The second-order valence-electron chi connectivity index (χ2n) is 6.86. The van der Waals surface area contributed by atoms with Crippen molar-refractivity contribution in [1.29, 1.82) is 5.26 Å². The maximum atomic E-state index is 12.5. The zero-order valence-electron chi connectivity index (χ0n) is 17.0. The molecule has 2 aromatic carbocycles. The van der Waals surface area contributed by atoms with Crippen molar-refractivity contribution < 1.29 is 14.3 Å². The summed E-state index contributed by atoms with van der Waals surface area (Å²) in [5, 5.41) is 11.7. The van der Waals surface area contributed by atoms with Gasteiger partial charge in [0.15, 0.2) is 6.10 Å². The van der Waals surface area contributed by atoms with Crippen LogP contribution in [-0.2, 0) is 4.79 Å². The van der Waals surface area contributed by atoms with E-state index in [0.717, 1.165) is 11.4 Å². The normalized spacial score (nSPS) is 11.3. The first-order chi connectivity index (χ1) is 14.4. The third-order valence-corrected chi connectivity index (χ3v) is 4.54. The summed E-state index contributed by atoms with van der Waals surface area (Å²) in [4.78, 5) is 24.8. The maximum Gasteiger partial charge on any atom is 0.270 e. The molecule has 0 bridgehead atoms. The molecule has 0 fully saturated rings. The van der Waals surface area contributed by atoms with Gasteiger partial charge in [0.25, 0.3) is 11.8 Å². The topological polar surface area (TPSA) is 96.2 Å². The van der Waals surface area contributed by atoms with Crippen LogP contribution in [-0.4, -0.2) is 22.6 Å². The molecule has 0 spiro atoms. The summed E-state index contributed by atoms with van der Waals surface area (Å²) in [7, 11) is 0. The Labute approximate surface area is 174 Å². The van der Waals surface area contributed by atoms with Gasteiger partial charge in [-0.3, -0.25) is 19.7 Å². The van der Waals surface area contributed by atoms with Crippen molar-refractivity contribution >= 4 is 17.5 Å². The van der Waals surface area contributed by atoms with E-state index in [2.05, 4.69) is 10.7 Å². The molecule has 3 aromatic rings. The Morgan fingerprint density at radius 3 is 2.33 bits per heavy atom. The van der Waals surface area contributed by atoms with E-state index >= 15 is 0 Å². The van der Waals surface area contributed by atoms with Crippen LogP contribution in [0.3, 0.4) is 0 Å². The molecule has 3 rings (SSSR count). The SMILES string of the molecule is Cc1ccc(C)n1NC(=O)c1ccc(OC(C)C(=O)Nc2cccc(C#N)c2)cc1. The second-order valence-corrected chi connectivity index (χ2v) is 6.86. The van der Waals surface area contributed by atoms with Gasteiger partial charge < -0.3 is 10.1 Å². The number of benzene rings is 2. The first-order valence-electron chi connectivity index (χ1n) is 9.41. The van der Waals surface area contributed by atoms with E-state index < -0.39 is 6.10 Å². The number of carbonyl (C=O) groups is 2. The van der Waals surface area contributed by atoms with Crippen molar-refractivity contribution in [2.24, 2.45) is 0 Å². The lowest BCUT2D eigenvalue weighted by atomic mass is 10.2. The third kappa shape index (κ3) is 4.86. The summed E-state index contributed by atoms with van der Waals surface area (Å²) in [6.07, 6.45) is -0.763. The molecule has 1 unspecified atom stereocenters. The van der Waals surface area contributed by atoms with E-state index in [-0.39, 0.29) is 11.8 Å². The van der Waals surface area contributed by atoms with Gasteiger partial charge >= 0.3 is 0 Å². The molecule has 1 aromatic heterocycles. The second kappa shape index (κ2) is 8.97. The van der Waals surface area contributed by atoms with Gasteiger partial charge in [-0.25, -0.2) is 0 Å². The minimum Gasteiger partial charge on any atom is -0.481 e. The van der Waals surface area contributed by atoms with Crippen LogP contribution >= 0.6 is 0 Å². The summed E-state index contributed by atoms with van der Waals surface area (Å²) < 4.78 is 7.39. The summed E-state index contributed by atoms with van der Waals surface area (Å²) >= 11 is 0. The van der Waals surface area contributed by atoms with E-state index in [4.69, 9.17) is 10.00 Å². The van der Waals surface area contributed by atoms with Crippen LogP contribution in [0.1, 0.15) is 34.2 Å². The van der Waals surface area contributed by atoms with Gasteiger partial charge in [0.1, 0.15) is 5.75 Å². The Morgan fingerprint density at radius 2 is 1.70 bits per heavy atom.